The van der Waals surface area contributed by atoms with Crippen LogP contribution in [0.5, 0.6) is 0 Å². The lowest BCUT2D eigenvalue weighted by Gasteiger charge is -2.29. The first-order valence-electron chi connectivity index (χ1n) is 18.2. The second kappa shape index (κ2) is 12.9. The zero-order valence-electron chi connectivity index (χ0n) is 30.2. The highest BCUT2D eigenvalue weighted by Crippen LogP contribution is 2.49. The molecule has 256 valence electrons. The van der Waals surface area contributed by atoms with Crippen molar-refractivity contribution in [1.82, 2.24) is 15.0 Å². The van der Waals surface area contributed by atoms with Crippen molar-refractivity contribution in [2.24, 2.45) is 4.99 Å². The molecule has 0 saturated carbocycles. The number of benzene rings is 6. The summed E-state index contributed by atoms with van der Waals surface area (Å²) in [6.07, 6.45) is 2.08. The second-order valence-electron chi connectivity index (χ2n) is 14.5. The van der Waals surface area contributed by atoms with Gasteiger partial charge in [-0.1, -0.05) is 154 Å². The largest absolute Gasteiger partial charge is 0.458 e. The summed E-state index contributed by atoms with van der Waals surface area (Å²) in [5.41, 5.74) is 14.3. The lowest BCUT2D eigenvalue weighted by atomic mass is 9.82. The Morgan fingerprint density at radius 1 is 0.472 bits per heavy atom. The van der Waals surface area contributed by atoms with Crippen LogP contribution in [0.3, 0.4) is 0 Å². The number of rotatable bonds is 6. The zero-order valence-corrected chi connectivity index (χ0v) is 30.2. The molecule has 5 nitrogen and oxygen atoms in total. The third kappa shape index (κ3) is 6.04. The SMILES string of the molecule is CC1=CC(C)[N-]C(c2cccc(-c3cc(-c4ccc5c(c4)-c4ccccc4C5(C)C)cc(-c4nc(-c5ccccc5)nc(-c5ccccc5)n4)c3)c2)=N1. The molecule has 1 atom stereocenters. The Hall–Kier alpha value is -6.46. The van der Waals surface area contributed by atoms with E-state index in [1.54, 1.807) is 0 Å². The smallest absolute Gasteiger partial charge is 0.164 e. The first-order valence-corrected chi connectivity index (χ1v) is 18.2. The van der Waals surface area contributed by atoms with Crippen LogP contribution in [0, 0.1) is 0 Å². The molecule has 1 unspecified atom stereocenters. The summed E-state index contributed by atoms with van der Waals surface area (Å²) in [4.78, 5) is 20.0. The quantitative estimate of drug-likeness (QED) is 0.175. The molecule has 53 heavy (non-hydrogen) atoms. The molecule has 2 heterocycles. The summed E-state index contributed by atoms with van der Waals surface area (Å²) < 4.78 is 0. The van der Waals surface area contributed by atoms with E-state index in [0.29, 0.717) is 17.5 Å². The Morgan fingerprint density at radius 2 is 0.981 bits per heavy atom. The van der Waals surface area contributed by atoms with Gasteiger partial charge in [0.15, 0.2) is 17.5 Å². The molecular weight excluding hydrogens is 647 g/mol. The van der Waals surface area contributed by atoms with Crippen molar-refractivity contribution >= 4 is 5.84 Å². The van der Waals surface area contributed by atoms with Gasteiger partial charge < -0.3 is 10.3 Å². The highest BCUT2D eigenvalue weighted by molar-refractivity contribution is 6.10. The Kier molecular flexibility index (Phi) is 7.93. The summed E-state index contributed by atoms with van der Waals surface area (Å²) in [6.45, 7) is 8.76. The van der Waals surface area contributed by atoms with Gasteiger partial charge in [-0.2, -0.15) is 0 Å². The number of nitrogens with zero attached hydrogens (tertiary/aromatic N) is 5. The molecule has 0 amide bonds. The molecule has 1 aliphatic heterocycles. The zero-order chi connectivity index (χ0) is 36.1. The van der Waals surface area contributed by atoms with Gasteiger partial charge in [0.25, 0.3) is 0 Å². The van der Waals surface area contributed by atoms with Crippen LogP contribution >= 0.6 is 0 Å². The number of fused-ring (bicyclic) bond motifs is 3. The average Bonchev–Trinajstić information content (AvgIpc) is 3.43. The van der Waals surface area contributed by atoms with Crippen LogP contribution in [-0.2, 0) is 5.41 Å². The van der Waals surface area contributed by atoms with Crippen molar-refractivity contribution in [2.75, 3.05) is 0 Å². The maximum Gasteiger partial charge on any atom is 0.164 e. The molecule has 1 aliphatic carbocycles. The van der Waals surface area contributed by atoms with E-state index in [1.165, 1.54) is 22.3 Å². The fourth-order valence-electron chi connectivity index (χ4n) is 7.72. The van der Waals surface area contributed by atoms with Gasteiger partial charge in [-0.05, 0) is 93.4 Å². The van der Waals surface area contributed by atoms with E-state index >= 15 is 0 Å². The standard InChI is InChI=1S/C48H38N5/c1-30-24-31(2)50-46(49-30)36-19-13-18-34(25-36)37-26-38(35-22-23-43-41(29-35)40-20-11-12-21-42(40)48(43,3)4)28-39(27-37)47-52-44(32-14-7-5-8-15-32)51-45(53-47)33-16-9-6-10-17-33/h5-30H,1-4H3/q-1. The van der Waals surface area contributed by atoms with Gasteiger partial charge in [-0.15, -0.1) is 0 Å². The van der Waals surface area contributed by atoms with E-state index in [4.69, 9.17) is 25.3 Å². The van der Waals surface area contributed by atoms with Crippen LogP contribution in [0.1, 0.15) is 44.4 Å². The minimum absolute atomic E-state index is 0.0671. The van der Waals surface area contributed by atoms with Crippen molar-refractivity contribution in [3.63, 3.8) is 0 Å². The van der Waals surface area contributed by atoms with Gasteiger partial charge in [0.1, 0.15) is 0 Å². The molecule has 5 heteroatoms. The van der Waals surface area contributed by atoms with Crippen LogP contribution in [0.2, 0.25) is 0 Å². The molecule has 0 radical (unpaired) electrons. The Bertz CT molecular complexity index is 2530. The van der Waals surface area contributed by atoms with E-state index in [-0.39, 0.29) is 11.5 Å². The lowest BCUT2D eigenvalue weighted by molar-refractivity contribution is 0.660. The van der Waals surface area contributed by atoms with Gasteiger partial charge in [-0.3, -0.25) is 0 Å². The third-order valence-electron chi connectivity index (χ3n) is 10.4. The van der Waals surface area contributed by atoms with Crippen LogP contribution in [0.25, 0.3) is 72.9 Å². The normalized spacial score (nSPS) is 15.5. The summed E-state index contributed by atoms with van der Waals surface area (Å²) in [5.74, 6) is 2.64. The van der Waals surface area contributed by atoms with Crippen LogP contribution < -0.4 is 0 Å². The predicted molar refractivity (Wildman–Crippen MR) is 218 cm³/mol. The Balaban J connectivity index is 1.25. The predicted octanol–water partition coefficient (Wildman–Crippen LogP) is 11.9. The summed E-state index contributed by atoms with van der Waals surface area (Å²) >= 11 is 0. The van der Waals surface area contributed by atoms with Gasteiger partial charge >= 0.3 is 0 Å². The highest BCUT2D eigenvalue weighted by atomic mass is 15.0. The topological polar surface area (TPSA) is 65.1 Å². The monoisotopic (exact) mass is 684 g/mol. The number of amidine groups is 1. The van der Waals surface area contributed by atoms with Crippen LogP contribution in [-0.4, -0.2) is 26.8 Å². The maximum absolute atomic E-state index is 5.12. The molecule has 0 saturated heterocycles. The maximum atomic E-state index is 5.12. The van der Waals surface area contributed by atoms with Crippen LogP contribution in [0.15, 0.2) is 162 Å². The average molecular weight is 685 g/mol. The molecule has 1 aromatic heterocycles. The Morgan fingerprint density at radius 3 is 1.64 bits per heavy atom. The highest BCUT2D eigenvalue weighted by Gasteiger charge is 2.35. The van der Waals surface area contributed by atoms with Crippen molar-refractivity contribution in [3.8, 4) is 67.5 Å². The van der Waals surface area contributed by atoms with Crippen molar-refractivity contribution in [3.05, 3.63) is 179 Å². The number of aliphatic imine (C=N–C) groups is 1. The molecule has 2 aliphatic rings. The molecule has 0 bridgehead atoms. The molecule has 6 aromatic carbocycles. The summed E-state index contributed by atoms with van der Waals surface area (Å²) in [6, 6.07) is 51.3. The second-order valence-corrected chi connectivity index (χ2v) is 14.5. The first-order chi connectivity index (χ1) is 25.8. The van der Waals surface area contributed by atoms with E-state index in [1.807, 2.05) is 67.6 Å². The van der Waals surface area contributed by atoms with Gasteiger partial charge in [0.2, 0.25) is 0 Å². The number of hydrogen-bond acceptors (Lipinski definition) is 4. The van der Waals surface area contributed by atoms with Crippen LogP contribution in [0.4, 0.5) is 0 Å². The van der Waals surface area contributed by atoms with Crippen molar-refractivity contribution in [2.45, 2.75) is 39.2 Å². The van der Waals surface area contributed by atoms with E-state index in [9.17, 15) is 0 Å². The molecule has 0 N–H and O–H groups in total. The van der Waals surface area contributed by atoms with Gasteiger partial charge in [0, 0.05) is 22.1 Å². The molecule has 7 aromatic rings. The fraction of sp³-hybridized carbons (Fsp3) is 0.125. The summed E-state index contributed by atoms with van der Waals surface area (Å²) in [5, 5.41) is 4.85. The summed E-state index contributed by atoms with van der Waals surface area (Å²) in [7, 11) is 0. The van der Waals surface area contributed by atoms with Crippen molar-refractivity contribution in [1.29, 1.82) is 0 Å². The van der Waals surface area contributed by atoms with E-state index < -0.39 is 0 Å². The first kappa shape index (κ1) is 32.4. The van der Waals surface area contributed by atoms with Crippen molar-refractivity contribution < 1.29 is 0 Å². The van der Waals surface area contributed by atoms with E-state index in [0.717, 1.165) is 56.0 Å². The number of aromatic nitrogens is 3. The minimum atomic E-state index is -0.0671. The molecular formula is C48H38N5-. The fourth-order valence-corrected chi connectivity index (χ4v) is 7.72. The molecule has 9 rings (SSSR count). The lowest BCUT2D eigenvalue weighted by Crippen LogP contribution is -2.14. The number of hydrogen-bond donors (Lipinski definition) is 0. The minimum Gasteiger partial charge on any atom is -0.458 e. The Labute approximate surface area is 310 Å². The molecule has 0 spiro atoms. The molecule has 0 fully saturated rings. The number of allylic oxidation sites excluding steroid dienone is 1. The van der Waals surface area contributed by atoms with E-state index in [2.05, 4.69) is 112 Å². The van der Waals surface area contributed by atoms with Gasteiger partial charge in [-0.25, -0.2) is 15.0 Å². The van der Waals surface area contributed by atoms with Gasteiger partial charge in [0.05, 0.1) is 0 Å². The third-order valence-corrected chi connectivity index (χ3v) is 10.4.